The maximum atomic E-state index is 6.25. The molecular formula is C17H21Cl2NO. The Balaban J connectivity index is 1.69. The maximum absolute atomic E-state index is 6.25. The first-order valence-electron chi connectivity index (χ1n) is 8.01. The van der Waals surface area contributed by atoms with Crippen LogP contribution in [0.3, 0.4) is 0 Å². The Labute approximate surface area is 136 Å². The van der Waals surface area contributed by atoms with Gasteiger partial charge in [0.2, 0.25) is 0 Å². The van der Waals surface area contributed by atoms with E-state index in [4.69, 9.17) is 27.9 Å². The van der Waals surface area contributed by atoms with Crippen molar-refractivity contribution in [1.29, 1.82) is 0 Å². The van der Waals surface area contributed by atoms with Crippen LogP contribution in [0.25, 0.3) is 0 Å². The van der Waals surface area contributed by atoms with Crippen molar-refractivity contribution in [3.05, 3.63) is 33.8 Å². The fourth-order valence-electron chi connectivity index (χ4n) is 4.95. The van der Waals surface area contributed by atoms with Crippen molar-refractivity contribution in [2.75, 3.05) is 13.2 Å². The molecule has 0 aromatic heterocycles. The molecule has 2 nitrogen and oxygen atoms in total. The summed E-state index contributed by atoms with van der Waals surface area (Å²) in [4.78, 5) is 2.71. The highest BCUT2D eigenvalue weighted by Crippen LogP contribution is 2.53. The van der Waals surface area contributed by atoms with Crippen molar-refractivity contribution in [3.63, 3.8) is 0 Å². The zero-order valence-corrected chi connectivity index (χ0v) is 13.8. The fourth-order valence-corrected chi connectivity index (χ4v) is 5.26. The SMILES string of the molecule is CCOC1CN2[C@H]3CC[C@@H]2[C@@H]1[C@H](c1ccc(Cl)c(Cl)c1)C3. The van der Waals surface area contributed by atoms with Crippen molar-refractivity contribution < 1.29 is 4.74 Å². The molecule has 6 atom stereocenters. The average Bonchev–Trinajstić information content (AvgIpc) is 2.88. The zero-order valence-electron chi connectivity index (χ0n) is 12.3. The Morgan fingerprint density at radius 2 is 2.10 bits per heavy atom. The summed E-state index contributed by atoms with van der Waals surface area (Å²) in [5, 5.41) is 1.32. The molecule has 21 heavy (non-hydrogen) atoms. The van der Waals surface area contributed by atoms with E-state index in [1.54, 1.807) is 0 Å². The molecular weight excluding hydrogens is 305 g/mol. The molecule has 3 saturated heterocycles. The summed E-state index contributed by atoms with van der Waals surface area (Å²) in [6.07, 6.45) is 4.29. The minimum absolute atomic E-state index is 0.379. The lowest BCUT2D eigenvalue weighted by molar-refractivity contribution is 0.0333. The van der Waals surface area contributed by atoms with E-state index in [1.807, 2.05) is 6.07 Å². The molecule has 4 rings (SSSR count). The number of halogens is 2. The summed E-state index contributed by atoms with van der Waals surface area (Å²) in [6.45, 7) is 4.02. The third kappa shape index (κ3) is 2.23. The van der Waals surface area contributed by atoms with E-state index in [-0.39, 0.29) is 0 Å². The van der Waals surface area contributed by atoms with Crippen LogP contribution in [0.4, 0.5) is 0 Å². The van der Waals surface area contributed by atoms with Crippen LogP contribution in [0.5, 0.6) is 0 Å². The predicted molar refractivity (Wildman–Crippen MR) is 86.2 cm³/mol. The van der Waals surface area contributed by atoms with Crippen molar-refractivity contribution in [2.45, 2.75) is 50.3 Å². The first kappa shape index (κ1) is 14.3. The van der Waals surface area contributed by atoms with Gasteiger partial charge in [0.25, 0.3) is 0 Å². The van der Waals surface area contributed by atoms with Gasteiger partial charge in [-0.1, -0.05) is 29.3 Å². The molecule has 0 N–H and O–H groups in total. The molecule has 0 radical (unpaired) electrons. The monoisotopic (exact) mass is 325 g/mol. The number of hydrogen-bond acceptors (Lipinski definition) is 2. The molecule has 2 unspecified atom stereocenters. The van der Waals surface area contributed by atoms with Gasteiger partial charge in [-0.15, -0.1) is 0 Å². The third-order valence-corrected chi connectivity index (χ3v) is 6.44. The van der Waals surface area contributed by atoms with Gasteiger partial charge >= 0.3 is 0 Å². The van der Waals surface area contributed by atoms with E-state index in [0.717, 1.165) is 19.2 Å². The number of ether oxygens (including phenoxy) is 1. The first-order chi connectivity index (χ1) is 10.2. The second kappa shape index (κ2) is 5.42. The van der Waals surface area contributed by atoms with E-state index < -0.39 is 0 Å². The summed E-state index contributed by atoms with van der Waals surface area (Å²) in [7, 11) is 0. The van der Waals surface area contributed by atoms with Crippen LogP contribution in [-0.4, -0.2) is 36.2 Å². The highest BCUT2D eigenvalue weighted by atomic mass is 35.5. The van der Waals surface area contributed by atoms with Crippen molar-refractivity contribution >= 4 is 23.2 Å². The molecule has 3 aliphatic heterocycles. The van der Waals surface area contributed by atoms with E-state index in [2.05, 4.69) is 24.0 Å². The van der Waals surface area contributed by atoms with Crippen molar-refractivity contribution in [2.24, 2.45) is 5.92 Å². The zero-order chi connectivity index (χ0) is 14.6. The topological polar surface area (TPSA) is 12.5 Å². The van der Waals surface area contributed by atoms with Crippen LogP contribution in [-0.2, 0) is 4.74 Å². The summed E-state index contributed by atoms with van der Waals surface area (Å²) in [5.41, 5.74) is 1.34. The summed E-state index contributed by atoms with van der Waals surface area (Å²) >= 11 is 12.3. The van der Waals surface area contributed by atoms with E-state index in [9.17, 15) is 0 Å². The molecule has 0 saturated carbocycles. The Morgan fingerprint density at radius 1 is 1.24 bits per heavy atom. The molecule has 1 aromatic rings. The van der Waals surface area contributed by atoms with Gasteiger partial charge in [-0.2, -0.15) is 0 Å². The van der Waals surface area contributed by atoms with Crippen LogP contribution in [0.15, 0.2) is 18.2 Å². The molecule has 1 aromatic carbocycles. The van der Waals surface area contributed by atoms with E-state index in [1.165, 1.54) is 24.8 Å². The molecule has 3 heterocycles. The molecule has 4 heteroatoms. The lowest BCUT2D eigenvalue weighted by Gasteiger charge is -2.38. The van der Waals surface area contributed by atoms with Crippen LogP contribution in [0.1, 0.15) is 37.7 Å². The lowest BCUT2D eigenvalue weighted by atomic mass is 9.76. The Kier molecular flexibility index (Phi) is 3.69. The number of nitrogens with zero attached hydrogens (tertiary/aromatic N) is 1. The third-order valence-electron chi connectivity index (χ3n) is 5.70. The number of rotatable bonds is 3. The van der Waals surface area contributed by atoms with Crippen LogP contribution in [0, 0.1) is 5.92 Å². The van der Waals surface area contributed by atoms with Gasteiger partial charge in [0, 0.05) is 31.2 Å². The van der Waals surface area contributed by atoms with Gasteiger partial charge in [0.05, 0.1) is 16.1 Å². The van der Waals surface area contributed by atoms with E-state index >= 15 is 0 Å². The highest BCUT2D eigenvalue weighted by molar-refractivity contribution is 6.42. The van der Waals surface area contributed by atoms with Crippen LogP contribution >= 0.6 is 23.2 Å². The van der Waals surface area contributed by atoms with Crippen molar-refractivity contribution in [3.8, 4) is 0 Å². The molecule has 0 aliphatic carbocycles. The van der Waals surface area contributed by atoms with Gasteiger partial charge in [0.1, 0.15) is 0 Å². The predicted octanol–water partition coefficient (Wildman–Crippen LogP) is 4.35. The van der Waals surface area contributed by atoms with Crippen molar-refractivity contribution in [1.82, 2.24) is 4.90 Å². The fraction of sp³-hybridized carbons (Fsp3) is 0.647. The summed E-state index contributed by atoms with van der Waals surface area (Å²) in [6, 6.07) is 7.62. The molecule has 0 amide bonds. The van der Waals surface area contributed by atoms with Gasteiger partial charge in [0.15, 0.2) is 0 Å². The summed E-state index contributed by atoms with van der Waals surface area (Å²) < 4.78 is 6.07. The van der Waals surface area contributed by atoms with Gasteiger partial charge in [-0.3, -0.25) is 4.90 Å². The standard InChI is InChI=1S/C17H21Cl2NO/c1-2-21-16-9-20-11-4-6-15(20)17(16)12(8-11)10-3-5-13(18)14(19)7-10/h3,5,7,11-12,15-17H,2,4,6,8-9H2,1H3/t11-,12-,15+,16?,17-/m0/s1. The minimum Gasteiger partial charge on any atom is -0.377 e. The van der Waals surface area contributed by atoms with Crippen LogP contribution in [0.2, 0.25) is 10.0 Å². The average molecular weight is 326 g/mol. The molecule has 0 spiro atoms. The largest absolute Gasteiger partial charge is 0.377 e. The molecule has 4 bridgehead atoms. The highest BCUT2D eigenvalue weighted by Gasteiger charge is 2.55. The van der Waals surface area contributed by atoms with Crippen LogP contribution < -0.4 is 0 Å². The van der Waals surface area contributed by atoms with Gasteiger partial charge in [-0.05, 0) is 49.8 Å². The quantitative estimate of drug-likeness (QED) is 0.819. The molecule has 114 valence electrons. The second-order valence-corrected chi connectivity index (χ2v) is 7.40. The Hall–Kier alpha value is -0.280. The number of hydrogen-bond donors (Lipinski definition) is 0. The first-order valence-corrected chi connectivity index (χ1v) is 8.77. The van der Waals surface area contributed by atoms with Gasteiger partial charge < -0.3 is 4.74 Å². The van der Waals surface area contributed by atoms with Gasteiger partial charge in [-0.25, -0.2) is 0 Å². The minimum atomic E-state index is 0.379. The summed E-state index contributed by atoms with van der Waals surface area (Å²) in [5.74, 6) is 1.17. The number of piperidine rings is 1. The second-order valence-electron chi connectivity index (χ2n) is 6.58. The van der Waals surface area contributed by atoms with E-state index in [0.29, 0.717) is 34.0 Å². The Bertz CT molecular complexity index is 550. The smallest absolute Gasteiger partial charge is 0.0750 e. The molecule has 3 fully saturated rings. The molecule has 3 aliphatic rings. The Morgan fingerprint density at radius 3 is 2.86 bits per heavy atom. The maximum Gasteiger partial charge on any atom is 0.0750 e. The lowest BCUT2D eigenvalue weighted by Crippen LogP contribution is -2.41. The number of benzene rings is 1. The normalized spacial score (nSPS) is 40.7.